The highest BCUT2D eigenvalue weighted by atomic mass is 16.5. The molecule has 1 aromatic carbocycles. The summed E-state index contributed by atoms with van der Waals surface area (Å²) in [6.45, 7) is 2.21. The van der Waals surface area contributed by atoms with E-state index in [2.05, 4.69) is 20.4 Å². The molecule has 9 nitrogen and oxygen atoms in total. The number of aliphatic hydroxyl groups excluding tert-OH is 1. The number of morpholine rings is 1. The Kier molecular flexibility index (Phi) is 5.49. The number of aliphatic hydroxyl groups is 1. The molecular weight excluding hydrogens is 408 g/mol. The maximum absolute atomic E-state index is 12.6. The van der Waals surface area contributed by atoms with E-state index in [1.807, 2.05) is 30.3 Å². The van der Waals surface area contributed by atoms with Crippen LogP contribution in [0.4, 0.5) is 11.5 Å². The molecule has 162 valence electrons. The van der Waals surface area contributed by atoms with Crippen LogP contribution >= 0.6 is 0 Å². The van der Waals surface area contributed by atoms with Crippen molar-refractivity contribution in [2.24, 2.45) is 0 Å². The highest BCUT2D eigenvalue weighted by Gasteiger charge is 2.19. The van der Waals surface area contributed by atoms with Gasteiger partial charge in [0.2, 0.25) is 0 Å². The summed E-state index contributed by atoms with van der Waals surface area (Å²) in [7, 11) is 0. The standard InChI is InChI=1S/C23H22N6O3/c30-15-17-3-1-2-4-18(17)19-13-20(22-24-7-8-29(22)27-19)26-21-6-5-16(14-25-21)23(31)28-9-11-32-12-10-28/h1-8,13-14,30H,9-12,15H2,(H,25,26). The molecule has 1 amide bonds. The van der Waals surface area contributed by atoms with Crippen LogP contribution in [0.3, 0.4) is 0 Å². The number of nitrogens with one attached hydrogen (secondary N) is 1. The lowest BCUT2D eigenvalue weighted by atomic mass is 10.0. The van der Waals surface area contributed by atoms with Gasteiger partial charge < -0.3 is 20.1 Å². The van der Waals surface area contributed by atoms with Gasteiger partial charge in [-0.2, -0.15) is 5.10 Å². The van der Waals surface area contributed by atoms with Crippen molar-refractivity contribution in [2.45, 2.75) is 6.61 Å². The number of amides is 1. The summed E-state index contributed by atoms with van der Waals surface area (Å²) in [6.07, 6.45) is 5.02. The number of hydrogen-bond donors (Lipinski definition) is 2. The molecule has 0 radical (unpaired) electrons. The average Bonchev–Trinajstić information content (AvgIpc) is 3.34. The van der Waals surface area contributed by atoms with E-state index < -0.39 is 0 Å². The van der Waals surface area contributed by atoms with Crippen molar-refractivity contribution in [1.82, 2.24) is 24.5 Å². The number of ether oxygens (including phenoxy) is 1. The minimum atomic E-state index is -0.0806. The first kappa shape index (κ1) is 20.1. The number of aromatic nitrogens is 4. The fraction of sp³-hybridized carbons (Fsp3) is 0.217. The van der Waals surface area contributed by atoms with Gasteiger partial charge in [0, 0.05) is 37.2 Å². The minimum Gasteiger partial charge on any atom is -0.392 e. The fourth-order valence-corrected chi connectivity index (χ4v) is 3.73. The number of fused-ring (bicyclic) bond motifs is 1. The third kappa shape index (κ3) is 3.91. The first-order valence-electron chi connectivity index (χ1n) is 10.4. The smallest absolute Gasteiger partial charge is 0.255 e. The normalized spacial score (nSPS) is 14.0. The molecule has 0 saturated carbocycles. The lowest BCUT2D eigenvalue weighted by molar-refractivity contribution is 0.0302. The van der Waals surface area contributed by atoms with Gasteiger partial charge in [-0.1, -0.05) is 24.3 Å². The zero-order valence-corrected chi connectivity index (χ0v) is 17.3. The second kappa shape index (κ2) is 8.74. The Balaban J connectivity index is 1.44. The zero-order chi connectivity index (χ0) is 21.9. The number of pyridine rings is 1. The summed E-state index contributed by atoms with van der Waals surface area (Å²) in [5.41, 5.74) is 4.22. The number of nitrogens with zero attached hydrogens (tertiary/aromatic N) is 5. The molecule has 4 heterocycles. The van der Waals surface area contributed by atoms with E-state index in [4.69, 9.17) is 4.74 Å². The molecule has 1 aliphatic rings. The largest absolute Gasteiger partial charge is 0.392 e. The van der Waals surface area contributed by atoms with Gasteiger partial charge in [-0.05, 0) is 23.8 Å². The first-order valence-corrected chi connectivity index (χ1v) is 10.4. The molecule has 4 aromatic rings. The third-order valence-electron chi connectivity index (χ3n) is 5.39. The highest BCUT2D eigenvalue weighted by molar-refractivity contribution is 5.94. The van der Waals surface area contributed by atoms with Gasteiger partial charge in [0.1, 0.15) is 5.82 Å². The Labute approximate surface area is 184 Å². The minimum absolute atomic E-state index is 0.0465. The maximum atomic E-state index is 12.6. The Morgan fingerprint density at radius 3 is 2.75 bits per heavy atom. The first-order chi connectivity index (χ1) is 15.7. The van der Waals surface area contributed by atoms with E-state index >= 15 is 0 Å². The maximum Gasteiger partial charge on any atom is 0.255 e. The lowest BCUT2D eigenvalue weighted by Crippen LogP contribution is -2.40. The summed E-state index contributed by atoms with van der Waals surface area (Å²) in [5, 5.41) is 17.6. The average molecular weight is 430 g/mol. The van der Waals surface area contributed by atoms with Crippen molar-refractivity contribution in [1.29, 1.82) is 0 Å². The fourth-order valence-electron chi connectivity index (χ4n) is 3.73. The molecule has 3 aromatic heterocycles. The third-order valence-corrected chi connectivity index (χ3v) is 5.39. The Hall–Kier alpha value is -3.82. The van der Waals surface area contributed by atoms with Gasteiger partial charge in [-0.15, -0.1) is 0 Å². The molecule has 0 atom stereocenters. The van der Waals surface area contributed by atoms with Crippen LogP contribution < -0.4 is 5.32 Å². The van der Waals surface area contributed by atoms with Gasteiger partial charge in [-0.3, -0.25) is 4.79 Å². The van der Waals surface area contributed by atoms with Crippen LogP contribution in [0.2, 0.25) is 0 Å². The summed E-state index contributed by atoms with van der Waals surface area (Å²) >= 11 is 0. The predicted octanol–water partition coefficient (Wildman–Crippen LogP) is 2.50. The molecule has 0 bridgehead atoms. The second-order valence-corrected chi connectivity index (χ2v) is 7.42. The molecule has 2 N–H and O–H groups in total. The van der Waals surface area contributed by atoms with Crippen molar-refractivity contribution >= 4 is 23.1 Å². The number of rotatable bonds is 5. The van der Waals surface area contributed by atoms with Crippen LogP contribution in [0.25, 0.3) is 16.9 Å². The summed E-state index contributed by atoms with van der Waals surface area (Å²) in [6, 6.07) is 13.0. The molecular formula is C23H22N6O3. The molecule has 1 fully saturated rings. The van der Waals surface area contributed by atoms with Crippen LogP contribution in [0.5, 0.6) is 0 Å². The molecule has 0 aliphatic carbocycles. The SMILES string of the molecule is O=C(c1ccc(Nc2cc(-c3ccccc3CO)nn3ccnc23)nc1)N1CCOCC1. The summed E-state index contributed by atoms with van der Waals surface area (Å²) < 4.78 is 6.99. The Morgan fingerprint density at radius 1 is 1.12 bits per heavy atom. The molecule has 9 heteroatoms. The van der Waals surface area contributed by atoms with E-state index in [0.29, 0.717) is 54.7 Å². The number of carbonyl (C=O) groups excluding carboxylic acids is 1. The van der Waals surface area contributed by atoms with Gasteiger partial charge in [0.15, 0.2) is 5.65 Å². The van der Waals surface area contributed by atoms with Gasteiger partial charge in [0.25, 0.3) is 5.91 Å². The number of imidazole rings is 1. The van der Waals surface area contributed by atoms with Crippen molar-refractivity contribution in [3.8, 4) is 11.3 Å². The van der Waals surface area contributed by atoms with Crippen LogP contribution in [0.1, 0.15) is 15.9 Å². The van der Waals surface area contributed by atoms with Crippen LogP contribution in [-0.4, -0.2) is 61.8 Å². The van der Waals surface area contributed by atoms with Gasteiger partial charge in [-0.25, -0.2) is 14.5 Å². The van der Waals surface area contributed by atoms with Gasteiger partial charge >= 0.3 is 0 Å². The Bertz CT molecular complexity index is 1250. The monoisotopic (exact) mass is 430 g/mol. The van der Waals surface area contributed by atoms with Crippen LogP contribution in [0.15, 0.2) is 61.1 Å². The number of hydrogen-bond acceptors (Lipinski definition) is 7. The highest BCUT2D eigenvalue weighted by Crippen LogP contribution is 2.28. The number of anilines is 2. The summed E-state index contributed by atoms with van der Waals surface area (Å²) in [5.74, 6) is 0.538. The van der Waals surface area contributed by atoms with Crippen molar-refractivity contribution in [3.05, 3.63) is 72.2 Å². The van der Waals surface area contributed by atoms with Crippen molar-refractivity contribution in [2.75, 3.05) is 31.6 Å². The van der Waals surface area contributed by atoms with Crippen LogP contribution in [0, 0.1) is 0 Å². The van der Waals surface area contributed by atoms with E-state index in [9.17, 15) is 9.90 Å². The van der Waals surface area contributed by atoms with E-state index in [1.54, 1.807) is 40.1 Å². The van der Waals surface area contributed by atoms with E-state index in [-0.39, 0.29) is 12.5 Å². The number of benzene rings is 1. The van der Waals surface area contributed by atoms with Gasteiger partial charge in [0.05, 0.1) is 36.8 Å². The van der Waals surface area contributed by atoms with Crippen molar-refractivity contribution in [3.63, 3.8) is 0 Å². The molecule has 5 rings (SSSR count). The molecule has 1 aliphatic heterocycles. The molecule has 0 spiro atoms. The quantitative estimate of drug-likeness (QED) is 0.501. The van der Waals surface area contributed by atoms with Crippen LogP contribution in [-0.2, 0) is 11.3 Å². The predicted molar refractivity (Wildman–Crippen MR) is 119 cm³/mol. The van der Waals surface area contributed by atoms with E-state index in [0.717, 1.165) is 11.1 Å². The van der Waals surface area contributed by atoms with E-state index in [1.165, 1.54) is 0 Å². The number of carbonyl (C=O) groups is 1. The Morgan fingerprint density at radius 2 is 1.97 bits per heavy atom. The topological polar surface area (TPSA) is 105 Å². The zero-order valence-electron chi connectivity index (χ0n) is 17.3. The van der Waals surface area contributed by atoms with Crippen molar-refractivity contribution < 1.29 is 14.6 Å². The summed E-state index contributed by atoms with van der Waals surface area (Å²) in [4.78, 5) is 23.2. The second-order valence-electron chi connectivity index (χ2n) is 7.42. The molecule has 1 saturated heterocycles. The lowest BCUT2D eigenvalue weighted by Gasteiger charge is -2.26. The molecule has 32 heavy (non-hydrogen) atoms. The molecule has 0 unspecified atom stereocenters.